The minimum atomic E-state index is 0. The first-order chi connectivity index (χ1) is 7.85. The summed E-state index contributed by atoms with van der Waals surface area (Å²) in [5.41, 5.74) is 1.36. The van der Waals surface area contributed by atoms with Crippen molar-refractivity contribution >= 4 is 16.5 Å². The minimum absolute atomic E-state index is 0. The van der Waals surface area contributed by atoms with Gasteiger partial charge < -0.3 is 19.8 Å². The Morgan fingerprint density at radius 1 is 1.00 bits per heavy atom. The predicted octanol–water partition coefficient (Wildman–Crippen LogP) is 5.08. The van der Waals surface area contributed by atoms with Gasteiger partial charge in [0.05, 0.1) is 0 Å². The van der Waals surface area contributed by atoms with Crippen LogP contribution in [0, 0.1) is 14.9 Å². The van der Waals surface area contributed by atoms with Gasteiger partial charge in [0, 0.05) is 38.9 Å². The number of hydrogen-bond donors (Lipinski definition) is 0. The SMILES string of the molecule is CCCN(CCC)c1ccc2cc[cH-]c2c1.[CH3-].[CH3-].[Hf]. The standard InChI is InChI=1S/C15H20N.2CH3.Hf/c1-3-10-16(11-4-2)15-9-8-13-6-5-7-14(13)12-15;;;/h5-9,12H,3-4,10-11H2,1-2H3;2*1H3;/q3*-1;. The fourth-order valence-electron chi connectivity index (χ4n) is 2.22. The van der Waals surface area contributed by atoms with Gasteiger partial charge in [-0.1, -0.05) is 19.9 Å². The zero-order valence-electron chi connectivity index (χ0n) is 12.7. The van der Waals surface area contributed by atoms with E-state index in [0.29, 0.717) is 0 Å². The van der Waals surface area contributed by atoms with E-state index in [1.54, 1.807) is 0 Å². The smallest absolute Gasteiger partial charge is 0.0167 e. The third-order valence-corrected chi connectivity index (χ3v) is 2.97. The Morgan fingerprint density at radius 2 is 1.63 bits per heavy atom. The molecule has 106 valence electrons. The van der Waals surface area contributed by atoms with E-state index in [4.69, 9.17) is 0 Å². The molecule has 0 amide bonds. The number of anilines is 1. The van der Waals surface area contributed by atoms with Crippen molar-refractivity contribution in [2.24, 2.45) is 0 Å². The van der Waals surface area contributed by atoms with E-state index in [9.17, 15) is 0 Å². The second-order valence-corrected chi connectivity index (χ2v) is 4.33. The molecule has 0 N–H and O–H groups in total. The van der Waals surface area contributed by atoms with Crippen molar-refractivity contribution in [1.29, 1.82) is 0 Å². The van der Waals surface area contributed by atoms with E-state index in [2.05, 4.69) is 55.1 Å². The first-order valence-corrected chi connectivity index (χ1v) is 6.25. The molecular weight excluding hydrogens is 397 g/mol. The molecule has 0 aliphatic rings. The summed E-state index contributed by atoms with van der Waals surface area (Å²) < 4.78 is 0. The molecule has 0 aromatic heterocycles. The zero-order chi connectivity index (χ0) is 11.4. The van der Waals surface area contributed by atoms with Crippen LogP contribution in [0.25, 0.3) is 10.8 Å². The fraction of sp³-hybridized carbons (Fsp3) is 0.353. The first kappa shape index (κ1) is 20.8. The van der Waals surface area contributed by atoms with Crippen molar-refractivity contribution in [3.8, 4) is 0 Å². The molecule has 2 aromatic carbocycles. The quantitative estimate of drug-likeness (QED) is 0.479. The maximum Gasteiger partial charge on any atom is 0.0167 e. The molecule has 0 saturated carbocycles. The van der Waals surface area contributed by atoms with Gasteiger partial charge >= 0.3 is 0 Å². The van der Waals surface area contributed by atoms with Gasteiger partial charge in [0.15, 0.2) is 0 Å². The van der Waals surface area contributed by atoms with Crippen molar-refractivity contribution < 1.29 is 25.8 Å². The maximum atomic E-state index is 2.48. The van der Waals surface area contributed by atoms with Crippen LogP contribution in [0.1, 0.15) is 26.7 Å². The van der Waals surface area contributed by atoms with E-state index < -0.39 is 0 Å². The Kier molecular flexibility index (Phi) is 11.3. The molecule has 0 spiro atoms. The van der Waals surface area contributed by atoms with Gasteiger partial charge in [-0.25, -0.2) is 0 Å². The van der Waals surface area contributed by atoms with Crippen molar-refractivity contribution in [2.75, 3.05) is 18.0 Å². The molecular formula is C17H26HfN-3. The predicted molar refractivity (Wildman–Crippen MR) is 85.2 cm³/mol. The van der Waals surface area contributed by atoms with Crippen LogP contribution in [0.4, 0.5) is 5.69 Å². The normalized spacial score (nSPS) is 9.16. The van der Waals surface area contributed by atoms with Crippen LogP contribution in [0.2, 0.25) is 0 Å². The van der Waals surface area contributed by atoms with Crippen LogP contribution in [-0.2, 0) is 25.8 Å². The molecule has 0 aliphatic carbocycles. The second kappa shape index (κ2) is 10.3. The topological polar surface area (TPSA) is 3.24 Å². The van der Waals surface area contributed by atoms with Gasteiger partial charge in [-0.15, -0.1) is 29.0 Å². The van der Waals surface area contributed by atoms with Crippen LogP contribution in [0.5, 0.6) is 0 Å². The molecule has 0 saturated heterocycles. The molecule has 2 aromatic rings. The molecule has 2 heteroatoms. The molecule has 1 nitrogen and oxygen atoms in total. The number of rotatable bonds is 5. The Morgan fingerprint density at radius 3 is 2.21 bits per heavy atom. The monoisotopic (exact) mass is 424 g/mol. The summed E-state index contributed by atoms with van der Waals surface area (Å²) in [7, 11) is 0. The third-order valence-electron chi connectivity index (χ3n) is 2.97. The second-order valence-electron chi connectivity index (χ2n) is 4.33. The largest absolute Gasteiger partial charge is 0.379 e. The van der Waals surface area contributed by atoms with Crippen molar-refractivity contribution in [2.45, 2.75) is 26.7 Å². The van der Waals surface area contributed by atoms with Crippen LogP contribution in [-0.4, -0.2) is 13.1 Å². The van der Waals surface area contributed by atoms with E-state index >= 15 is 0 Å². The van der Waals surface area contributed by atoms with Crippen molar-refractivity contribution in [3.05, 3.63) is 51.3 Å². The van der Waals surface area contributed by atoms with Crippen LogP contribution in [0.3, 0.4) is 0 Å². The number of benzene rings is 1. The average Bonchev–Trinajstić information content (AvgIpc) is 2.75. The average molecular weight is 423 g/mol. The van der Waals surface area contributed by atoms with Gasteiger partial charge in [0.1, 0.15) is 0 Å². The number of fused-ring (bicyclic) bond motifs is 1. The van der Waals surface area contributed by atoms with Crippen LogP contribution in [0.15, 0.2) is 36.4 Å². The molecule has 0 heterocycles. The van der Waals surface area contributed by atoms with Gasteiger partial charge in [-0.3, -0.25) is 0 Å². The summed E-state index contributed by atoms with van der Waals surface area (Å²) in [6.45, 7) is 6.79. The Bertz CT molecular complexity index is 441. The minimum Gasteiger partial charge on any atom is -0.379 e. The molecule has 0 fully saturated rings. The van der Waals surface area contributed by atoms with Crippen molar-refractivity contribution in [1.82, 2.24) is 0 Å². The van der Waals surface area contributed by atoms with Gasteiger partial charge in [-0.05, 0) is 18.5 Å². The van der Waals surface area contributed by atoms with E-state index in [1.807, 2.05) is 0 Å². The van der Waals surface area contributed by atoms with E-state index in [0.717, 1.165) is 13.1 Å². The molecule has 0 aliphatic heterocycles. The number of hydrogen-bond acceptors (Lipinski definition) is 1. The van der Waals surface area contributed by atoms with Gasteiger partial charge in [0.25, 0.3) is 0 Å². The first-order valence-electron chi connectivity index (χ1n) is 6.25. The van der Waals surface area contributed by atoms with Crippen molar-refractivity contribution in [3.63, 3.8) is 0 Å². The summed E-state index contributed by atoms with van der Waals surface area (Å²) >= 11 is 0. The molecule has 0 atom stereocenters. The third kappa shape index (κ3) is 5.18. The summed E-state index contributed by atoms with van der Waals surface area (Å²) in [6.07, 6.45) is 2.41. The van der Waals surface area contributed by atoms with Gasteiger partial charge in [0.2, 0.25) is 0 Å². The molecule has 0 bridgehead atoms. The van der Waals surface area contributed by atoms with Crippen LogP contribution >= 0.6 is 0 Å². The van der Waals surface area contributed by atoms with E-state index in [1.165, 1.54) is 29.3 Å². The molecule has 0 radical (unpaired) electrons. The summed E-state index contributed by atoms with van der Waals surface area (Å²) in [6, 6.07) is 13.3. The molecule has 19 heavy (non-hydrogen) atoms. The molecule has 0 unspecified atom stereocenters. The van der Waals surface area contributed by atoms with E-state index in [-0.39, 0.29) is 40.7 Å². The Hall–Kier alpha value is -0.500. The summed E-state index contributed by atoms with van der Waals surface area (Å²) in [4.78, 5) is 2.48. The molecule has 2 rings (SSSR count). The van der Waals surface area contributed by atoms with Crippen LogP contribution < -0.4 is 4.90 Å². The Labute approximate surface area is 138 Å². The van der Waals surface area contributed by atoms with Gasteiger partial charge in [-0.2, -0.15) is 12.1 Å². The summed E-state index contributed by atoms with van der Waals surface area (Å²) in [5, 5.41) is 2.70. The maximum absolute atomic E-state index is 2.48. The number of nitrogens with zero attached hydrogens (tertiary/aromatic N) is 1. The summed E-state index contributed by atoms with van der Waals surface area (Å²) in [5.74, 6) is 0. The Balaban J connectivity index is 0. The fourth-order valence-corrected chi connectivity index (χ4v) is 2.22. The zero-order valence-corrected chi connectivity index (χ0v) is 16.3.